The number of H-pyrrole nitrogens is 1. The van der Waals surface area contributed by atoms with Crippen molar-refractivity contribution in [3.05, 3.63) is 36.9 Å². The van der Waals surface area contributed by atoms with Crippen LogP contribution < -0.4 is 16.0 Å². The molecule has 0 bridgehead atoms. The Morgan fingerprint density at radius 1 is 1.12 bits per heavy atom. The van der Waals surface area contributed by atoms with E-state index in [-0.39, 0.29) is 18.4 Å². The summed E-state index contributed by atoms with van der Waals surface area (Å²) < 4.78 is 42.6. The molecule has 182 valence electrons. The monoisotopic (exact) mass is 478 g/mol. The molecule has 1 atom stereocenters. The molecule has 2 amide bonds. The van der Waals surface area contributed by atoms with E-state index in [1.54, 1.807) is 38.4 Å². The number of aromatic amines is 1. The second-order valence-electron chi connectivity index (χ2n) is 7.97. The van der Waals surface area contributed by atoms with E-state index in [4.69, 9.17) is 4.74 Å². The van der Waals surface area contributed by atoms with Crippen molar-refractivity contribution in [1.29, 1.82) is 0 Å². The molecule has 3 aromatic rings. The number of methoxy groups -OCH3 is 1. The zero-order valence-electron chi connectivity index (χ0n) is 18.8. The maximum Gasteiger partial charge on any atom is 0.401 e. The van der Waals surface area contributed by atoms with Gasteiger partial charge in [0.2, 0.25) is 11.8 Å². The minimum absolute atomic E-state index is 0.0983. The van der Waals surface area contributed by atoms with Crippen molar-refractivity contribution in [2.75, 3.05) is 30.9 Å². The summed E-state index contributed by atoms with van der Waals surface area (Å²) in [5.74, 6) is -1.29. The molecule has 0 aromatic carbocycles. The molecule has 0 unspecified atom stereocenters. The molecule has 3 aromatic heterocycles. The highest BCUT2D eigenvalue weighted by Crippen LogP contribution is 2.30. The van der Waals surface area contributed by atoms with E-state index in [1.807, 2.05) is 0 Å². The largest absolute Gasteiger partial charge is 0.401 e. The first kappa shape index (κ1) is 25.1. The van der Waals surface area contributed by atoms with E-state index in [9.17, 15) is 22.8 Å². The summed E-state index contributed by atoms with van der Waals surface area (Å²) >= 11 is 0. The van der Waals surface area contributed by atoms with Gasteiger partial charge in [-0.25, -0.2) is 4.98 Å². The quantitative estimate of drug-likeness (QED) is 0.374. The highest BCUT2D eigenvalue weighted by Gasteiger charge is 2.31. The number of alkyl halides is 3. The van der Waals surface area contributed by atoms with Gasteiger partial charge in [-0.3, -0.25) is 19.9 Å². The van der Waals surface area contributed by atoms with Crippen molar-refractivity contribution >= 4 is 34.2 Å². The number of halogens is 3. The predicted octanol–water partition coefficient (Wildman–Crippen LogP) is 3.32. The number of hydrogen-bond donors (Lipinski definition) is 4. The topological polar surface area (TPSA) is 121 Å². The fraction of sp³-hybridized carbons (Fsp3) is 0.364. The Morgan fingerprint density at radius 3 is 2.53 bits per heavy atom. The van der Waals surface area contributed by atoms with Gasteiger partial charge in [-0.1, -0.05) is 13.8 Å². The fourth-order valence-electron chi connectivity index (χ4n) is 3.37. The van der Waals surface area contributed by atoms with Crippen molar-refractivity contribution in [3.63, 3.8) is 0 Å². The predicted molar refractivity (Wildman–Crippen MR) is 121 cm³/mol. The molecule has 9 nitrogen and oxygen atoms in total. The van der Waals surface area contributed by atoms with Crippen molar-refractivity contribution in [3.8, 4) is 11.1 Å². The van der Waals surface area contributed by atoms with Gasteiger partial charge >= 0.3 is 6.18 Å². The van der Waals surface area contributed by atoms with E-state index in [0.29, 0.717) is 33.5 Å². The summed E-state index contributed by atoms with van der Waals surface area (Å²) in [6, 6.07) is 2.36. The first-order valence-corrected chi connectivity index (χ1v) is 10.4. The molecule has 34 heavy (non-hydrogen) atoms. The van der Waals surface area contributed by atoms with Gasteiger partial charge in [0.15, 0.2) is 0 Å². The van der Waals surface area contributed by atoms with Crippen molar-refractivity contribution in [2.45, 2.75) is 26.1 Å². The minimum atomic E-state index is -4.43. The zero-order valence-corrected chi connectivity index (χ0v) is 18.8. The second-order valence-corrected chi connectivity index (χ2v) is 7.97. The Bertz CT molecular complexity index is 1160. The second kappa shape index (κ2) is 10.6. The van der Waals surface area contributed by atoms with E-state index in [2.05, 4.69) is 30.9 Å². The van der Waals surface area contributed by atoms with Crippen LogP contribution in [-0.2, 0) is 14.3 Å². The van der Waals surface area contributed by atoms with Crippen LogP contribution in [0.25, 0.3) is 22.2 Å². The van der Waals surface area contributed by atoms with Crippen LogP contribution in [0.2, 0.25) is 0 Å². The average molecular weight is 478 g/mol. The molecule has 0 saturated heterocycles. The van der Waals surface area contributed by atoms with Gasteiger partial charge in [0.1, 0.15) is 12.3 Å². The van der Waals surface area contributed by atoms with Crippen molar-refractivity contribution < 1.29 is 27.5 Å². The third-order valence-electron chi connectivity index (χ3n) is 4.88. The Balaban J connectivity index is 1.82. The van der Waals surface area contributed by atoms with Gasteiger partial charge in [0.05, 0.1) is 36.4 Å². The number of fused-ring (bicyclic) bond motifs is 1. The van der Waals surface area contributed by atoms with E-state index in [0.717, 1.165) is 0 Å². The van der Waals surface area contributed by atoms with Gasteiger partial charge in [-0.05, 0) is 18.1 Å². The number of rotatable bonds is 9. The molecule has 0 aliphatic carbocycles. The third-order valence-corrected chi connectivity index (χ3v) is 4.88. The summed E-state index contributed by atoms with van der Waals surface area (Å²) in [5, 5.41) is 8.28. The van der Waals surface area contributed by atoms with Crippen LogP contribution in [0.4, 0.5) is 24.5 Å². The van der Waals surface area contributed by atoms with Crippen molar-refractivity contribution in [1.82, 2.24) is 20.3 Å². The van der Waals surface area contributed by atoms with E-state index >= 15 is 0 Å². The zero-order chi connectivity index (χ0) is 24.9. The highest BCUT2D eigenvalue weighted by molar-refractivity contribution is 5.99. The highest BCUT2D eigenvalue weighted by atomic mass is 19.4. The molecular formula is C22H25F3N6O3. The third kappa shape index (κ3) is 6.51. The summed E-state index contributed by atoms with van der Waals surface area (Å²) in [4.78, 5) is 35.9. The number of anilines is 2. The first-order valence-electron chi connectivity index (χ1n) is 10.4. The first-order chi connectivity index (χ1) is 16.1. The number of ether oxygens (including phenoxy) is 1. The molecule has 4 N–H and O–H groups in total. The SMILES string of the molecule is COCC(=O)Nc1cnc2[nH]cc(-c3cncc(NC(=O)[C@@H](NCC(F)(F)F)C(C)C)c3)c2c1. The maximum atomic E-state index is 12.6. The Morgan fingerprint density at radius 2 is 1.85 bits per heavy atom. The number of nitrogens with one attached hydrogen (secondary N) is 4. The molecule has 0 saturated carbocycles. The molecule has 3 rings (SSSR count). The molecule has 0 radical (unpaired) electrons. The number of carbonyl (C=O) groups is 2. The number of aromatic nitrogens is 3. The summed E-state index contributed by atoms with van der Waals surface area (Å²) in [6.07, 6.45) is 1.77. The molecule has 12 heteroatoms. The molecule has 3 heterocycles. The Hall–Kier alpha value is -3.51. The number of carbonyl (C=O) groups excluding carboxylic acids is 2. The van der Waals surface area contributed by atoms with Crippen LogP contribution in [0.3, 0.4) is 0 Å². The van der Waals surface area contributed by atoms with Gasteiger partial charge in [-0.2, -0.15) is 13.2 Å². The summed E-state index contributed by atoms with van der Waals surface area (Å²) in [7, 11) is 1.42. The van der Waals surface area contributed by atoms with Crippen LogP contribution in [-0.4, -0.2) is 59.2 Å². The molecule has 0 aliphatic heterocycles. The van der Waals surface area contributed by atoms with Crippen LogP contribution in [0, 0.1) is 5.92 Å². The normalized spacial score (nSPS) is 12.7. The lowest BCUT2D eigenvalue weighted by molar-refractivity contribution is -0.131. The van der Waals surface area contributed by atoms with Gasteiger partial charge in [0, 0.05) is 36.0 Å². The number of nitrogens with zero attached hydrogens (tertiary/aromatic N) is 2. The standard InChI is InChI=1S/C22H25F3N6O3/c1-12(2)19(29-11-22(23,24)25)21(33)31-14-4-13(6-26-7-14)17-9-28-20-16(17)5-15(8-27-20)30-18(32)10-34-3/h4-9,12,19,29H,10-11H2,1-3H3,(H,27,28)(H,30,32)(H,31,33)/t19-/m0/s1. The van der Waals surface area contributed by atoms with Crippen LogP contribution in [0.1, 0.15) is 13.8 Å². The minimum Gasteiger partial charge on any atom is -0.375 e. The van der Waals surface area contributed by atoms with Crippen LogP contribution in [0.15, 0.2) is 36.9 Å². The molecule has 0 fully saturated rings. The lowest BCUT2D eigenvalue weighted by Gasteiger charge is -2.22. The maximum absolute atomic E-state index is 12.6. The van der Waals surface area contributed by atoms with E-state index < -0.39 is 24.7 Å². The Kier molecular flexibility index (Phi) is 7.84. The smallest absolute Gasteiger partial charge is 0.375 e. The molecule has 0 spiro atoms. The lowest BCUT2D eigenvalue weighted by Crippen LogP contribution is -2.47. The average Bonchev–Trinajstić information content (AvgIpc) is 3.16. The number of hydrogen-bond acceptors (Lipinski definition) is 6. The number of pyridine rings is 2. The van der Waals surface area contributed by atoms with Gasteiger partial charge < -0.3 is 20.4 Å². The number of amides is 2. The molecular weight excluding hydrogens is 453 g/mol. The van der Waals surface area contributed by atoms with E-state index in [1.165, 1.54) is 19.5 Å². The van der Waals surface area contributed by atoms with Crippen molar-refractivity contribution in [2.24, 2.45) is 5.92 Å². The lowest BCUT2D eigenvalue weighted by atomic mass is 10.0. The van der Waals surface area contributed by atoms with Gasteiger partial charge in [-0.15, -0.1) is 0 Å². The summed E-state index contributed by atoms with van der Waals surface area (Å²) in [6.45, 7) is 1.94. The fourth-order valence-corrected chi connectivity index (χ4v) is 3.37. The van der Waals surface area contributed by atoms with Crippen LogP contribution >= 0.6 is 0 Å². The van der Waals surface area contributed by atoms with Gasteiger partial charge in [0.25, 0.3) is 0 Å². The van der Waals surface area contributed by atoms with Crippen LogP contribution in [0.5, 0.6) is 0 Å². The summed E-state index contributed by atoms with van der Waals surface area (Å²) in [5.41, 5.74) is 2.72. The molecule has 0 aliphatic rings. The Labute approximate surface area is 193 Å².